The maximum atomic E-state index is 14.1. The summed E-state index contributed by atoms with van der Waals surface area (Å²) in [5.74, 6) is -2.07. The minimum atomic E-state index is -3.94. The number of rotatable bonds is 10. The number of amides is 2. The van der Waals surface area contributed by atoms with Crippen LogP contribution in [0.3, 0.4) is 0 Å². The molecule has 0 aliphatic rings. The Kier molecular flexibility index (Phi) is 10.4. The lowest BCUT2D eigenvalue weighted by molar-refractivity contribution is -0.119. The summed E-state index contributed by atoms with van der Waals surface area (Å²) in [6.07, 6.45) is 6.31. The third-order valence-electron chi connectivity index (χ3n) is 10.5. The van der Waals surface area contributed by atoms with Crippen LogP contribution in [0.25, 0.3) is 65.9 Å². The van der Waals surface area contributed by atoms with Gasteiger partial charge in [-0.25, -0.2) is 33.6 Å². The third kappa shape index (κ3) is 7.64. The van der Waals surface area contributed by atoms with Crippen LogP contribution in [0.4, 0.5) is 8.78 Å². The van der Waals surface area contributed by atoms with Crippen molar-refractivity contribution >= 4 is 75.5 Å². The average molecular weight is 897 g/mol. The number of nitrogens with zero attached hydrogens (tertiary/aromatic N) is 6. The lowest BCUT2D eigenvalue weighted by atomic mass is 10.0. The van der Waals surface area contributed by atoms with E-state index in [4.69, 9.17) is 11.5 Å². The monoisotopic (exact) mass is 896 g/mol. The van der Waals surface area contributed by atoms with Gasteiger partial charge in [-0.3, -0.25) is 19.0 Å². The SMILES string of the molecule is NC(=O)Cn1cc2cc(-c3cn(S(=O)(=O)c4ccccc4)c4cc(F)ccc34)ccc2n1.NC(=O)Cn1ncc2cc(-c3cn(S(=O)(=O)c4ccccc4)c4cc(F)ccc34)ccc21. The lowest BCUT2D eigenvalue weighted by Gasteiger charge is -2.07. The van der Waals surface area contributed by atoms with E-state index in [-0.39, 0.29) is 33.9 Å². The zero-order chi connectivity index (χ0) is 44.9. The van der Waals surface area contributed by atoms with Crippen molar-refractivity contribution in [3.63, 3.8) is 0 Å². The molecule has 0 atom stereocenters. The summed E-state index contributed by atoms with van der Waals surface area (Å²) in [6.45, 7) is -0.0886. The predicted molar refractivity (Wildman–Crippen MR) is 238 cm³/mol. The first-order chi connectivity index (χ1) is 30.7. The quantitative estimate of drug-likeness (QED) is 0.146. The van der Waals surface area contributed by atoms with Crippen LogP contribution in [-0.4, -0.2) is 56.2 Å². The van der Waals surface area contributed by atoms with Crippen LogP contribution < -0.4 is 11.5 Å². The van der Waals surface area contributed by atoms with E-state index in [9.17, 15) is 35.2 Å². The lowest BCUT2D eigenvalue weighted by Crippen LogP contribution is -2.19. The van der Waals surface area contributed by atoms with Crippen LogP contribution in [0.1, 0.15) is 0 Å². The Balaban J connectivity index is 0.000000162. The number of nitrogens with two attached hydrogens (primary N) is 2. The van der Waals surface area contributed by atoms with Crippen molar-refractivity contribution in [2.45, 2.75) is 22.9 Å². The van der Waals surface area contributed by atoms with Gasteiger partial charge in [0.1, 0.15) is 24.7 Å². The van der Waals surface area contributed by atoms with Gasteiger partial charge in [0.15, 0.2) is 0 Å². The number of hydrogen-bond acceptors (Lipinski definition) is 8. The minimum absolute atomic E-state index is 0.0437. The predicted octanol–water partition coefficient (Wildman–Crippen LogP) is 7.04. The van der Waals surface area contributed by atoms with Crippen LogP contribution in [0, 0.1) is 11.6 Å². The standard InChI is InChI=1S/2C23H17FN4O3S/c24-17-7-8-19-20(15-6-9-21-16(10-15)12-27(26-21)14-23(25)29)13-28(22(19)11-17)32(30,31)18-4-2-1-3-5-18;24-17-7-8-19-20(15-6-9-21-16(10-15)12-26-27(21)14-23(25)29)13-28(22(19)11-17)32(30,31)18-4-2-1-3-5-18/h2*1-13H,14H2,(H2,25,29). The van der Waals surface area contributed by atoms with Crippen molar-refractivity contribution in [3.8, 4) is 22.3 Å². The molecule has 0 aliphatic heterocycles. The number of carbonyl (C=O) groups excluding carboxylic acids is 2. The van der Waals surface area contributed by atoms with Crippen molar-refractivity contribution in [1.82, 2.24) is 27.5 Å². The molecule has 0 saturated carbocycles. The Morgan fingerprint density at radius 1 is 0.547 bits per heavy atom. The van der Waals surface area contributed by atoms with E-state index in [1.807, 2.05) is 18.2 Å². The molecule has 14 nitrogen and oxygen atoms in total. The van der Waals surface area contributed by atoms with Gasteiger partial charge in [-0.1, -0.05) is 48.5 Å². The summed E-state index contributed by atoms with van der Waals surface area (Å²) in [4.78, 5) is 22.7. The Labute approximate surface area is 363 Å². The molecule has 18 heteroatoms. The van der Waals surface area contributed by atoms with Gasteiger partial charge in [-0.15, -0.1) is 0 Å². The molecule has 0 unspecified atom stereocenters. The average Bonchev–Trinajstić information content (AvgIpc) is 4.06. The van der Waals surface area contributed by atoms with E-state index < -0.39 is 43.5 Å². The van der Waals surface area contributed by atoms with Crippen LogP contribution in [0.2, 0.25) is 0 Å². The van der Waals surface area contributed by atoms with E-state index in [2.05, 4.69) is 10.2 Å². The van der Waals surface area contributed by atoms with Gasteiger partial charge in [-0.2, -0.15) is 10.2 Å². The number of carbonyl (C=O) groups is 2. The molecule has 0 bridgehead atoms. The second-order valence-corrected chi connectivity index (χ2v) is 18.4. The fourth-order valence-corrected chi connectivity index (χ4v) is 10.4. The highest BCUT2D eigenvalue weighted by Gasteiger charge is 2.24. The summed E-state index contributed by atoms with van der Waals surface area (Å²) in [7, 11) is -7.88. The molecule has 6 aromatic carbocycles. The molecule has 64 heavy (non-hydrogen) atoms. The van der Waals surface area contributed by atoms with Crippen molar-refractivity contribution in [2.75, 3.05) is 0 Å². The molecule has 2 amide bonds. The summed E-state index contributed by atoms with van der Waals surface area (Å²) in [5.41, 5.74) is 15.1. The maximum Gasteiger partial charge on any atom is 0.268 e. The van der Waals surface area contributed by atoms with E-state index >= 15 is 0 Å². The Hall–Kier alpha value is -7.96. The molecule has 4 aromatic heterocycles. The minimum Gasteiger partial charge on any atom is -0.368 e. The van der Waals surface area contributed by atoms with Gasteiger partial charge >= 0.3 is 0 Å². The third-order valence-corrected chi connectivity index (χ3v) is 13.9. The first kappa shape index (κ1) is 41.4. The van der Waals surface area contributed by atoms with E-state index in [1.54, 1.807) is 79.1 Å². The Morgan fingerprint density at radius 2 is 1.05 bits per heavy atom. The second kappa shape index (κ2) is 16.1. The number of halogens is 2. The molecular weight excluding hydrogens is 863 g/mol. The second-order valence-electron chi connectivity index (χ2n) is 14.7. The topological polar surface area (TPSA) is 200 Å². The summed E-state index contributed by atoms with van der Waals surface area (Å²) >= 11 is 0. The van der Waals surface area contributed by atoms with Gasteiger partial charge in [0.05, 0.1) is 38.1 Å². The number of hydrogen-bond donors (Lipinski definition) is 2. The number of aromatic nitrogens is 6. The first-order valence-corrected chi connectivity index (χ1v) is 22.3. The van der Waals surface area contributed by atoms with E-state index in [0.717, 1.165) is 35.4 Å². The molecule has 10 rings (SSSR count). The van der Waals surface area contributed by atoms with Crippen molar-refractivity contribution in [2.24, 2.45) is 11.5 Å². The van der Waals surface area contributed by atoms with Gasteiger partial charge in [-0.05, 0) is 96.1 Å². The smallest absolute Gasteiger partial charge is 0.268 e. The number of benzene rings is 6. The number of primary amides is 2. The van der Waals surface area contributed by atoms with Gasteiger partial charge in [0.25, 0.3) is 20.0 Å². The zero-order valence-electron chi connectivity index (χ0n) is 33.3. The van der Waals surface area contributed by atoms with Gasteiger partial charge < -0.3 is 11.5 Å². The van der Waals surface area contributed by atoms with Crippen molar-refractivity contribution < 1.29 is 35.2 Å². The molecule has 0 aliphatic carbocycles. The fraction of sp³-hybridized carbons (Fsp3) is 0.0435. The zero-order valence-corrected chi connectivity index (χ0v) is 34.9. The summed E-state index contributed by atoms with van der Waals surface area (Å²) < 4.78 is 86.5. The largest absolute Gasteiger partial charge is 0.368 e. The van der Waals surface area contributed by atoms with Crippen LogP contribution in [0.5, 0.6) is 0 Å². The Morgan fingerprint density at radius 3 is 1.56 bits per heavy atom. The first-order valence-electron chi connectivity index (χ1n) is 19.4. The molecule has 0 saturated heterocycles. The van der Waals surface area contributed by atoms with Crippen molar-refractivity contribution in [3.05, 3.63) is 170 Å². The van der Waals surface area contributed by atoms with E-state index in [1.165, 1.54) is 70.3 Å². The van der Waals surface area contributed by atoms with Gasteiger partial charge in [0, 0.05) is 51.3 Å². The highest BCUT2D eigenvalue weighted by atomic mass is 32.2. The number of fused-ring (bicyclic) bond motifs is 4. The van der Waals surface area contributed by atoms with Gasteiger partial charge in [0.2, 0.25) is 11.8 Å². The summed E-state index contributed by atoms with van der Waals surface area (Å²) in [5, 5.41) is 11.2. The van der Waals surface area contributed by atoms with Crippen LogP contribution >= 0.6 is 0 Å². The van der Waals surface area contributed by atoms with Crippen LogP contribution in [0.15, 0.2) is 168 Å². The molecule has 0 spiro atoms. The molecule has 0 radical (unpaired) electrons. The Bertz CT molecular complexity index is 3540. The molecular formula is C46H34F2N8O6S2. The van der Waals surface area contributed by atoms with E-state index in [0.29, 0.717) is 27.4 Å². The highest BCUT2D eigenvalue weighted by molar-refractivity contribution is 7.90. The normalized spacial score (nSPS) is 11.9. The molecule has 0 fully saturated rings. The maximum absolute atomic E-state index is 14.1. The molecule has 4 heterocycles. The fourth-order valence-electron chi connectivity index (χ4n) is 7.63. The van der Waals surface area contributed by atoms with Crippen LogP contribution in [-0.2, 0) is 42.7 Å². The van der Waals surface area contributed by atoms with Crippen molar-refractivity contribution in [1.29, 1.82) is 0 Å². The molecule has 320 valence electrons. The highest BCUT2D eigenvalue weighted by Crippen LogP contribution is 2.37. The molecule has 4 N–H and O–H groups in total. The summed E-state index contributed by atoms with van der Waals surface area (Å²) in [6, 6.07) is 35.0. The molecule has 10 aromatic rings.